The minimum atomic E-state index is -3.57. The number of anilines is 1. The molecule has 1 aromatic carbocycles. The molecule has 1 N–H and O–H groups in total. The van der Waals surface area contributed by atoms with E-state index in [0.717, 1.165) is 31.7 Å². The van der Waals surface area contributed by atoms with Crippen LogP contribution in [0.5, 0.6) is 0 Å². The van der Waals surface area contributed by atoms with Gasteiger partial charge in [-0.15, -0.1) is 0 Å². The first-order valence-corrected chi connectivity index (χ1v) is 10.7. The molecule has 1 saturated heterocycles. The van der Waals surface area contributed by atoms with E-state index in [-0.39, 0.29) is 17.3 Å². The summed E-state index contributed by atoms with van der Waals surface area (Å²) in [4.78, 5) is 15.9. The van der Waals surface area contributed by atoms with E-state index in [2.05, 4.69) is 23.5 Å². The molecule has 0 saturated carbocycles. The molecule has 0 aromatic heterocycles. The second-order valence-corrected chi connectivity index (χ2v) is 7.95. The summed E-state index contributed by atoms with van der Waals surface area (Å²) in [5.74, 6) is 0.0839. The number of hydrogen-bond acceptors (Lipinski definition) is 5. The number of carbonyl (C=O) groups excluding carboxylic acids is 1. The van der Waals surface area contributed by atoms with Crippen LogP contribution in [-0.4, -0.2) is 65.2 Å². The van der Waals surface area contributed by atoms with Crippen LogP contribution in [0.1, 0.15) is 26.7 Å². The fourth-order valence-electron chi connectivity index (χ4n) is 2.89. The van der Waals surface area contributed by atoms with E-state index in [1.54, 1.807) is 17.0 Å². The van der Waals surface area contributed by atoms with Gasteiger partial charge in [0, 0.05) is 31.7 Å². The largest absolute Gasteiger partial charge is 0.379 e. The molecule has 146 valence electrons. The number of amides is 1. The Morgan fingerprint density at radius 2 is 1.85 bits per heavy atom. The first-order valence-electron chi connectivity index (χ1n) is 9.18. The molecule has 0 bridgehead atoms. The molecule has 0 atom stereocenters. The van der Waals surface area contributed by atoms with Gasteiger partial charge in [0.1, 0.15) is 0 Å². The van der Waals surface area contributed by atoms with E-state index in [9.17, 15) is 13.2 Å². The van der Waals surface area contributed by atoms with Crippen LogP contribution in [0.25, 0.3) is 0 Å². The molecule has 8 heteroatoms. The average Bonchev–Trinajstić information content (AvgIpc) is 3.07. The maximum Gasteiger partial charge on any atom is 0.240 e. The molecule has 1 aliphatic rings. The van der Waals surface area contributed by atoms with Crippen LogP contribution in [0.4, 0.5) is 5.69 Å². The van der Waals surface area contributed by atoms with Gasteiger partial charge in [0.2, 0.25) is 15.9 Å². The second kappa shape index (κ2) is 10.0. The lowest BCUT2D eigenvalue weighted by molar-refractivity contribution is -0.117. The summed E-state index contributed by atoms with van der Waals surface area (Å²) < 4.78 is 32.6. The summed E-state index contributed by atoms with van der Waals surface area (Å²) in [6.45, 7) is 8.84. The van der Waals surface area contributed by atoms with Crippen molar-refractivity contribution in [2.24, 2.45) is 0 Å². The summed E-state index contributed by atoms with van der Waals surface area (Å²) in [6.07, 6.45) is 1.39. The number of carbonyl (C=O) groups is 1. The minimum Gasteiger partial charge on any atom is -0.379 e. The Balaban J connectivity index is 1.78. The van der Waals surface area contributed by atoms with Gasteiger partial charge < -0.3 is 14.5 Å². The first kappa shape index (κ1) is 20.8. The van der Waals surface area contributed by atoms with Gasteiger partial charge >= 0.3 is 0 Å². The number of nitrogens with zero attached hydrogens (tertiary/aromatic N) is 2. The summed E-state index contributed by atoms with van der Waals surface area (Å²) in [5.41, 5.74) is 0.742. The van der Waals surface area contributed by atoms with Gasteiger partial charge in [0.25, 0.3) is 0 Å². The highest BCUT2D eigenvalue weighted by molar-refractivity contribution is 7.89. The van der Waals surface area contributed by atoms with Gasteiger partial charge in [-0.05, 0) is 43.8 Å². The molecule has 0 unspecified atom stereocenters. The molecule has 0 aliphatic carbocycles. The van der Waals surface area contributed by atoms with Crippen LogP contribution in [0.3, 0.4) is 0 Å². The monoisotopic (exact) mass is 383 g/mol. The number of rotatable bonds is 11. The molecule has 0 spiro atoms. The third kappa shape index (κ3) is 5.77. The van der Waals surface area contributed by atoms with Gasteiger partial charge in [-0.2, -0.15) is 0 Å². The maximum absolute atomic E-state index is 12.3. The van der Waals surface area contributed by atoms with Gasteiger partial charge in [0.15, 0.2) is 0 Å². The Morgan fingerprint density at radius 3 is 2.42 bits per heavy atom. The van der Waals surface area contributed by atoms with Crippen molar-refractivity contribution in [2.45, 2.75) is 31.6 Å². The topological polar surface area (TPSA) is 79.0 Å². The SMILES string of the molecule is CCN(CC)CCOCCNS(=O)(=O)c1ccc(N2CCCC2=O)cc1. The second-order valence-electron chi connectivity index (χ2n) is 6.18. The van der Waals surface area contributed by atoms with E-state index >= 15 is 0 Å². The number of ether oxygens (including phenoxy) is 1. The molecule has 1 heterocycles. The molecular weight excluding hydrogens is 354 g/mol. The van der Waals surface area contributed by atoms with Crippen molar-refractivity contribution in [3.8, 4) is 0 Å². The van der Waals surface area contributed by atoms with Crippen LogP contribution in [0, 0.1) is 0 Å². The standard InChI is InChI=1S/C18H29N3O4S/c1-3-20(4-2)13-15-25-14-11-19-26(23,24)17-9-7-16(8-10-17)21-12-5-6-18(21)22/h7-10,19H,3-6,11-15H2,1-2H3. The molecule has 1 amide bonds. The van der Waals surface area contributed by atoms with Crippen LogP contribution in [0.2, 0.25) is 0 Å². The van der Waals surface area contributed by atoms with Gasteiger partial charge in [0.05, 0.1) is 18.1 Å². The molecule has 7 nitrogen and oxygen atoms in total. The number of benzene rings is 1. The fourth-order valence-corrected chi connectivity index (χ4v) is 3.91. The van der Waals surface area contributed by atoms with E-state index in [4.69, 9.17) is 4.74 Å². The van der Waals surface area contributed by atoms with Crippen molar-refractivity contribution in [1.82, 2.24) is 9.62 Å². The predicted octanol–water partition coefficient (Wildman–Crippen LogP) is 1.45. The zero-order valence-electron chi connectivity index (χ0n) is 15.6. The Bertz CT molecular complexity index is 672. The van der Waals surface area contributed by atoms with Crippen molar-refractivity contribution in [3.05, 3.63) is 24.3 Å². The van der Waals surface area contributed by atoms with Crippen molar-refractivity contribution >= 4 is 21.6 Å². The zero-order chi connectivity index (χ0) is 19.0. The van der Waals surface area contributed by atoms with Crippen LogP contribution in [-0.2, 0) is 19.6 Å². The summed E-state index contributed by atoms with van der Waals surface area (Å²) in [7, 11) is -3.57. The quantitative estimate of drug-likeness (QED) is 0.585. The molecule has 0 radical (unpaired) electrons. The summed E-state index contributed by atoms with van der Waals surface area (Å²) >= 11 is 0. The Hall–Kier alpha value is -1.48. The third-order valence-electron chi connectivity index (χ3n) is 4.52. The third-order valence-corrected chi connectivity index (χ3v) is 5.99. The molecular formula is C18H29N3O4S. The number of likely N-dealkylation sites (N-methyl/N-ethyl adjacent to an activating group) is 1. The highest BCUT2D eigenvalue weighted by Gasteiger charge is 2.22. The number of hydrogen-bond donors (Lipinski definition) is 1. The molecule has 26 heavy (non-hydrogen) atoms. The van der Waals surface area contributed by atoms with Crippen molar-refractivity contribution in [2.75, 3.05) is 50.8 Å². The van der Waals surface area contributed by atoms with E-state index in [1.165, 1.54) is 12.1 Å². The lowest BCUT2D eigenvalue weighted by Gasteiger charge is -2.17. The molecule has 1 fully saturated rings. The molecule has 2 rings (SSSR count). The van der Waals surface area contributed by atoms with Gasteiger partial charge in [-0.1, -0.05) is 13.8 Å². The van der Waals surface area contributed by atoms with Gasteiger partial charge in [-0.3, -0.25) is 4.79 Å². The number of sulfonamides is 1. The van der Waals surface area contributed by atoms with Crippen molar-refractivity contribution in [3.63, 3.8) is 0 Å². The number of nitrogens with one attached hydrogen (secondary N) is 1. The Labute approximate surface area is 156 Å². The minimum absolute atomic E-state index is 0.0839. The molecule has 1 aliphatic heterocycles. The normalized spacial score (nSPS) is 15.2. The lowest BCUT2D eigenvalue weighted by atomic mass is 10.3. The van der Waals surface area contributed by atoms with Crippen molar-refractivity contribution in [1.29, 1.82) is 0 Å². The van der Waals surface area contributed by atoms with Gasteiger partial charge in [-0.25, -0.2) is 13.1 Å². The smallest absolute Gasteiger partial charge is 0.240 e. The highest BCUT2D eigenvalue weighted by atomic mass is 32.2. The van der Waals surface area contributed by atoms with E-state index < -0.39 is 10.0 Å². The van der Waals surface area contributed by atoms with Crippen molar-refractivity contribution < 1.29 is 17.9 Å². The fraction of sp³-hybridized carbons (Fsp3) is 0.611. The Morgan fingerprint density at radius 1 is 1.15 bits per heavy atom. The van der Waals surface area contributed by atoms with Crippen LogP contribution >= 0.6 is 0 Å². The maximum atomic E-state index is 12.3. The molecule has 1 aromatic rings. The lowest BCUT2D eigenvalue weighted by Crippen LogP contribution is -2.30. The highest BCUT2D eigenvalue weighted by Crippen LogP contribution is 2.22. The zero-order valence-corrected chi connectivity index (χ0v) is 16.4. The van der Waals surface area contributed by atoms with Crippen LogP contribution < -0.4 is 9.62 Å². The summed E-state index contributed by atoms with van der Waals surface area (Å²) in [6, 6.07) is 6.42. The first-order chi connectivity index (χ1) is 12.5. The average molecular weight is 384 g/mol. The predicted molar refractivity (Wildman–Crippen MR) is 102 cm³/mol. The van der Waals surface area contributed by atoms with E-state index in [1.807, 2.05) is 0 Å². The van der Waals surface area contributed by atoms with Crippen LogP contribution in [0.15, 0.2) is 29.2 Å². The summed E-state index contributed by atoms with van der Waals surface area (Å²) in [5, 5.41) is 0. The van der Waals surface area contributed by atoms with E-state index in [0.29, 0.717) is 26.2 Å². The Kier molecular flexibility index (Phi) is 8.02.